The summed E-state index contributed by atoms with van der Waals surface area (Å²) >= 11 is 8.14. The number of anilines is 3. The predicted octanol–water partition coefficient (Wildman–Crippen LogP) is 6.08. The van der Waals surface area contributed by atoms with Crippen molar-refractivity contribution in [2.45, 2.75) is 13.0 Å². The molecule has 0 radical (unpaired) electrons. The molecule has 0 aliphatic heterocycles. The van der Waals surface area contributed by atoms with E-state index in [9.17, 15) is 9.90 Å². The Hall–Kier alpha value is -3.68. The highest BCUT2D eigenvalue weighted by molar-refractivity contribution is 7.18. The van der Waals surface area contributed by atoms with E-state index in [1.807, 2.05) is 56.7 Å². The maximum absolute atomic E-state index is 11.6. The number of carboxylic acids is 1. The fourth-order valence-electron chi connectivity index (χ4n) is 4.60. The number of rotatable bonds is 6. The molecule has 8 heteroatoms. The summed E-state index contributed by atoms with van der Waals surface area (Å²) in [6.45, 7) is 0.589. The second-order valence-corrected chi connectivity index (χ2v) is 10.2. The smallest absolute Gasteiger partial charge is 0.307 e. The number of hydrogen-bond donors (Lipinski definition) is 3. The number of hydrogen-bond acceptors (Lipinski definition) is 5. The molecule has 0 saturated heterocycles. The molecule has 5 aromatic rings. The van der Waals surface area contributed by atoms with Crippen LogP contribution in [-0.2, 0) is 17.8 Å². The Balaban J connectivity index is 1.66. The van der Waals surface area contributed by atoms with Gasteiger partial charge in [-0.3, -0.25) is 4.79 Å². The Morgan fingerprint density at radius 3 is 2.43 bits per heavy atom. The first kappa shape index (κ1) is 23.1. The largest absolute Gasteiger partial charge is 0.481 e. The fourth-order valence-corrected chi connectivity index (χ4v) is 5.95. The van der Waals surface area contributed by atoms with Gasteiger partial charge in [0.15, 0.2) is 0 Å². The van der Waals surface area contributed by atoms with Crippen molar-refractivity contribution >= 4 is 67.0 Å². The predicted molar refractivity (Wildman–Crippen MR) is 148 cm³/mol. The van der Waals surface area contributed by atoms with Crippen LogP contribution < -0.4 is 16.4 Å². The van der Waals surface area contributed by atoms with Crippen LogP contribution in [0.5, 0.6) is 0 Å². The molecule has 0 amide bonds. The summed E-state index contributed by atoms with van der Waals surface area (Å²) in [4.78, 5) is 13.6. The third-order valence-corrected chi connectivity index (χ3v) is 7.42. The van der Waals surface area contributed by atoms with Gasteiger partial charge < -0.3 is 26.0 Å². The number of fused-ring (bicyclic) bond motifs is 2. The Labute approximate surface area is 211 Å². The summed E-state index contributed by atoms with van der Waals surface area (Å²) < 4.78 is 3.29. The van der Waals surface area contributed by atoms with Gasteiger partial charge in [0.25, 0.3) is 0 Å². The Morgan fingerprint density at radius 1 is 1.00 bits per heavy atom. The summed E-state index contributed by atoms with van der Waals surface area (Å²) in [6, 6.07) is 15.5. The van der Waals surface area contributed by atoms with Gasteiger partial charge in [0.05, 0.1) is 16.8 Å². The van der Waals surface area contributed by atoms with Gasteiger partial charge in [-0.1, -0.05) is 23.7 Å². The highest BCUT2D eigenvalue weighted by Crippen LogP contribution is 2.38. The van der Waals surface area contributed by atoms with Gasteiger partial charge >= 0.3 is 5.97 Å². The molecule has 0 aliphatic carbocycles. The zero-order valence-corrected chi connectivity index (χ0v) is 21.0. The monoisotopic (exact) mass is 504 g/mol. The van der Waals surface area contributed by atoms with Crippen LogP contribution in [0.15, 0.2) is 60.1 Å². The number of nitrogens with two attached hydrogens (primary N) is 2. The second-order valence-electron chi connectivity index (χ2n) is 8.93. The van der Waals surface area contributed by atoms with Crippen LogP contribution in [0.2, 0.25) is 5.02 Å². The summed E-state index contributed by atoms with van der Waals surface area (Å²) in [7, 11) is 4.01. The van der Waals surface area contributed by atoms with Crippen molar-refractivity contribution in [3.8, 4) is 11.1 Å². The topological polar surface area (TPSA) is 97.5 Å². The molecule has 0 aliphatic rings. The first-order chi connectivity index (χ1) is 16.7. The van der Waals surface area contributed by atoms with Crippen molar-refractivity contribution in [2.24, 2.45) is 0 Å². The summed E-state index contributed by atoms with van der Waals surface area (Å²) in [5, 5.41) is 14.3. The molecular formula is C27H25ClN4O2S. The molecule has 0 atom stereocenters. The lowest BCUT2D eigenvalue weighted by atomic mass is 10.0. The van der Waals surface area contributed by atoms with Gasteiger partial charge in [-0.2, -0.15) is 0 Å². The highest BCUT2D eigenvalue weighted by atomic mass is 35.5. The number of nitrogen functional groups attached to an aromatic ring is 2. The molecule has 2 aromatic heterocycles. The first-order valence-corrected chi connectivity index (χ1v) is 12.3. The van der Waals surface area contributed by atoms with E-state index in [0.29, 0.717) is 22.9 Å². The highest BCUT2D eigenvalue weighted by Gasteiger charge is 2.16. The fraction of sp³-hybridized carbons (Fsp3) is 0.148. The van der Waals surface area contributed by atoms with E-state index >= 15 is 0 Å². The van der Waals surface area contributed by atoms with Crippen molar-refractivity contribution in [2.75, 3.05) is 30.5 Å². The maximum Gasteiger partial charge on any atom is 0.307 e. The van der Waals surface area contributed by atoms with Crippen molar-refractivity contribution in [3.63, 3.8) is 0 Å². The van der Waals surface area contributed by atoms with Crippen LogP contribution in [0.25, 0.3) is 32.1 Å². The molecule has 178 valence electrons. The summed E-state index contributed by atoms with van der Waals surface area (Å²) in [5.74, 6) is -0.861. The number of thiophene rings is 1. The zero-order chi connectivity index (χ0) is 24.9. The molecule has 0 spiro atoms. The van der Waals surface area contributed by atoms with Crippen LogP contribution in [0, 0.1) is 0 Å². The van der Waals surface area contributed by atoms with Gasteiger partial charge in [-0.05, 0) is 64.0 Å². The average molecular weight is 505 g/mol. The molecule has 0 fully saturated rings. The average Bonchev–Trinajstić information content (AvgIpc) is 3.33. The van der Waals surface area contributed by atoms with Crippen molar-refractivity contribution in [1.29, 1.82) is 0 Å². The summed E-state index contributed by atoms with van der Waals surface area (Å²) in [6.07, 6.45) is 1.90. The normalized spacial score (nSPS) is 11.4. The van der Waals surface area contributed by atoms with E-state index in [-0.39, 0.29) is 6.42 Å². The quantitative estimate of drug-likeness (QED) is 0.243. The Morgan fingerprint density at radius 2 is 1.74 bits per heavy atom. The third-order valence-electron chi connectivity index (χ3n) is 6.14. The molecular weight excluding hydrogens is 480 g/mol. The standard InChI is InChI=1S/C27H25ClN4O2S/c1-31(2)25-10-19(28)9-23-18(14-35-27(23)25)13-32-12-17(8-26(33)34)22-4-3-15(7-24(22)32)16-5-20(29)11-21(30)6-16/h3-7,9-12,14H,8,13,29-30H2,1-2H3,(H,33,34). The van der Waals surface area contributed by atoms with Crippen molar-refractivity contribution in [3.05, 3.63) is 76.3 Å². The van der Waals surface area contributed by atoms with Crippen LogP contribution in [0.1, 0.15) is 11.1 Å². The number of benzene rings is 3. The number of aliphatic carboxylic acids is 1. The first-order valence-electron chi connectivity index (χ1n) is 11.1. The molecule has 5 N–H and O–H groups in total. The van der Waals surface area contributed by atoms with E-state index in [0.717, 1.165) is 44.2 Å². The van der Waals surface area contributed by atoms with Gasteiger partial charge in [-0.15, -0.1) is 11.3 Å². The zero-order valence-electron chi connectivity index (χ0n) is 19.4. The van der Waals surface area contributed by atoms with Gasteiger partial charge in [0.1, 0.15) is 0 Å². The van der Waals surface area contributed by atoms with E-state index in [1.165, 1.54) is 4.70 Å². The van der Waals surface area contributed by atoms with Crippen LogP contribution in [-0.4, -0.2) is 29.7 Å². The third kappa shape index (κ3) is 4.40. The number of nitrogens with zero attached hydrogens (tertiary/aromatic N) is 2. The van der Waals surface area contributed by atoms with Crippen LogP contribution in [0.3, 0.4) is 0 Å². The van der Waals surface area contributed by atoms with E-state index in [4.69, 9.17) is 23.1 Å². The molecule has 6 nitrogen and oxygen atoms in total. The number of halogens is 1. The van der Waals surface area contributed by atoms with Crippen LogP contribution in [0.4, 0.5) is 17.1 Å². The molecule has 3 aromatic carbocycles. The number of carboxylic acid groups (broad SMARTS) is 1. The van der Waals surface area contributed by atoms with E-state index < -0.39 is 5.97 Å². The molecule has 0 bridgehead atoms. The lowest BCUT2D eigenvalue weighted by Crippen LogP contribution is -2.08. The lowest BCUT2D eigenvalue weighted by Gasteiger charge is -2.14. The minimum absolute atomic E-state index is 0.0466. The van der Waals surface area contributed by atoms with E-state index in [1.54, 1.807) is 17.4 Å². The summed E-state index contributed by atoms with van der Waals surface area (Å²) in [5.41, 5.74) is 19.1. The van der Waals surface area contributed by atoms with Gasteiger partial charge in [-0.25, -0.2) is 0 Å². The van der Waals surface area contributed by atoms with E-state index in [2.05, 4.69) is 20.9 Å². The minimum Gasteiger partial charge on any atom is -0.481 e. The lowest BCUT2D eigenvalue weighted by molar-refractivity contribution is -0.136. The van der Waals surface area contributed by atoms with Crippen molar-refractivity contribution in [1.82, 2.24) is 4.57 Å². The number of aromatic nitrogens is 1. The van der Waals surface area contributed by atoms with Crippen LogP contribution >= 0.6 is 22.9 Å². The number of carbonyl (C=O) groups is 1. The van der Waals surface area contributed by atoms with Gasteiger partial charge in [0, 0.05) is 59.5 Å². The maximum atomic E-state index is 11.6. The minimum atomic E-state index is -0.861. The molecule has 2 heterocycles. The molecule has 35 heavy (non-hydrogen) atoms. The molecule has 0 saturated carbocycles. The second kappa shape index (κ2) is 8.83. The molecule has 0 unspecified atom stereocenters. The van der Waals surface area contributed by atoms with Gasteiger partial charge in [0.2, 0.25) is 0 Å². The Bertz CT molecular complexity index is 1580. The Kier molecular flexibility index (Phi) is 5.83. The van der Waals surface area contributed by atoms with Crippen molar-refractivity contribution < 1.29 is 9.90 Å². The SMILES string of the molecule is CN(C)c1cc(Cl)cc2c(Cn3cc(CC(=O)O)c4ccc(-c5cc(N)cc(N)c5)cc43)csc12. The molecule has 5 rings (SSSR count).